The highest BCUT2D eigenvalue weighted by Gasteiger charge is 2.27. The second-order valence-electron chi connectivity index (χ2n) is 10.7. The summed E-state index contributed by atoms with van der Waals surface area (Å²) < 4.78 is 42.2. The van der Waals surface area contributed by atoms with E-state index in [4.69, 9.17) is 15.2 Å². The van der Waals surface area contributed by atoms with E-state index in [-0.39, 0.29) is 23.0 Å². The molecule has 1 aliphatic rings. The van der Waals surface area contributed by atoms with Crippen molar-refractivity contribution < 1.29 is 23.0 Å². The Labute approximate surface area is 271 Å². The zero-order chi connectivity index (χ0) is 33.0. The number of hydrogen-bond donors (Lipinski definition) is 3. The zero-order valence-corrected chi connectivity index (χ0v) is 27.2. The molecule has 3 heterocycles. The first-order valence-corrected chi connectivity index (χ1v) is 15.8. The van der Waals surface area contributed by atoms with Gasteiger partial charge in [-0.1, -0.05) is 26.5 Å². The van der Waals surface area contributed by atoms with E-state index in [1.807, 2.05) is 25.1 Å². The summed E-state index contributed by atoms with van der Waals surface area (Å²) in [6.45, 7) is 12.4. The van der Waals surface area contributed by atoms with Crippen molar-refractivity contribution in [1.29, 1.82) is 0 Å². The van der Waals surface area contributed by atoms with Crippen molar-refractivity contribution >= 4 is 61.5 Å². The van der Waals surface area contributed by atoms with Crippen molar-refractivity contribution in [2.45, 2.75) is 20.3 Å². The Morgan fingerprint density at radius 1 is 1.07 bits per heavy atom. The minimum absolute atomic E-state index is 0.142. The number of fused-ring (bicyclic) bond motifs is 1. The van der Waals surface area contributed by atoms with Gasteiger partial charge in [-0.05, 0) is 43.3 Å². The molecule has 0 saturated carbocycles. The Balaban J connectivity index is 1.51. The Bertz CT molecular complexity index is 1770. The van der Waals surface area contributed by atoms with Crippen molar-refractivity contribution in [1.82, 2.24) is 9.88 Å². The minimum atomic E-state index is -0.845. The van der Waals surface area contributed by atoms with Crippen molar-refractivity contribution in [3.8, 4) is 11.5 Å². The second-order valence-corrected chi connectivity index (χ2v) is 11.7. The SMILES string of the molecule is C=CC(=O)Nc1cc(N2CCN(CC)CC2)ccc1Nc1cc2c(N)c(/C(=C\CC)c3c(F)c(OC)cc(OC)c3F)sc2cn1. The van der Waals surface area contributed by atoms with E-state index in [0.29, 0.717) is 45.1 Å². The fourth-order valence-corrected chi connectivity index (χ4v) is 6.63. The number of likely N-dealkylation sites (N-methyl/N-ethyl adjacent to an activating group) is 1. The number of thiophene rings is 1. The third-order valence-corrected chi connectivity index (χ3v) is 9.19. The summed E-state index contributed by atoms with van der Waals surface area (Å²) in [7, 11) is 2.62. The van der Waals surface area contributed by atoms with Gasteiger partial charge in [-0.25, -0.2) is 13.8 Å². The van der Waals surface area contributed by atoms with Crippen molar-refractivity contribution in [2.24, 2.45) is 0 Å². The molecule has 4 N–H and O–H groups in total. The Morgan fingerprint density at radius 2 is 1.76 bits per heavy atom. The quantitative estimate of drug-likeness (QED) is 0.149. The van der Waals surface area contributed by atoms with Gasteiger partial charge < -0.3 is 35.6 Å². The largest absolute Gasteiger partial charge is 0.494 e. The maximum absolute atomic E-state index is 15.6. The summed E-state index contributed by atoms with van der Waals surface area (Å²) in [6, 6.07) is 8.81. The lowest BCUT2D eigenvalue weighted by molar-refractivity contribution is -0.111. The molecule has 1 saturated heterocycles. The lowest BCUT2D eigenvalue weighted by Gasteiger charge is -2.35. The molecule has 2 aromatic carbocycles. The molecule has 0 spiro atoms. The lowest BCUT2D eigenvalue weighted by atomic mass is 9.99. The van der Waals surface area contributed by atoms with Gasteiger partial charge in [0.25, 0.3) is 0 Å². The van der Waals surface area contributed by atoms with E-state index < -0.39 is 11.6 Å². The molecule has 1 amide bonds. The van der Waals surface area contributed by atoms with Gasteiger partial charge in [-0.3, -0.25) is 4.79 Å². The van der Waals surface area contributed by atoms with Crippen LogP contribution in [0, 0.1) is 11.6 Å². The van der Waals surface area contributed by atoms with Crippen molar-refractivity contribution in [3.05, 3.63) is 77.3 Å². The van der Waals surface area contributed by atoms with Crippen LogP contribution in [0.4, 0.5) is 37.3 Å². The number of rotatable bonds is 11. The number of nitrogen functional groups attached to an aromatic ring is 1. The number of pyridine rings is 1. The zero-order valence-electron chi connectivity index (χ0n) is 26.4. The van der Waals surface area contributed by atoms with Crippen molar-refractivity contribution in [2.75, 3.05) is 68.2 Å². The summed E-state index contributed by atoms with van der Waals surface area (Å²) in [5.74, 6) is -1.84. The average Bonchev–Trinajstić information content (AvgIpc) is 3.40. The van der Waals surface area contributed by atoms with Crippen LogP contribution >= 0.6 is 11.3 Å². The summed E-state index contributed by atoms with van der Waals surface area (Å²) in [4.78, 5) is 22.1. The summed E-state index contributed by atoms with van der Waals surface area (Å²) >= 11 is 1.28. The molecule has 4 aromatic rings. The number of amides is 1. The smallest absolute Gasteiger partial charge is 0.247 e. The average molecular weight is 649 g/mol. The van der Waals surface area contributed by atoms with Crippen LogP contribution in [0.25, 0.3) is 15.7 Å². The van der Waals surface area contributed by atoms with E-state index >= 15 is 8.78 Å². The minimum Gasteiger partial charge on any atom is -0.494 e. The summed E-state index contributed by atoms with van der Waals surface area (Å²) in [6.07, 6.45) is 5.11. The first-order chi connectivity index (χ1) is 22.2. The van der Waals surface area contributed by atoms with Gasteiger partial charge >= 0.3 is 0 Å². The highest BCUT2D eigenvalue weighted by molar-refractivity contribution is 7.20. The number of nitrogens with zero attached hydrogens (tertiary/aromatic N) is 3. The van der Waals surface area contributed by atoms with Gasteiger partial charge in [-0.15, -0.1) is 11.3 Å². The van der Waals surface area contributed by atoms with Gasteiger partial charge in [-0.2, -0.15) is 0 Å². The predicted octanol–water partition coefficient (Wildman–Crippen LogP) is 7.03. The number of piperazine rings is 1. The Kier molecular flexibility index (Phi) is 10.1. The van der Waals surface area contributed by atoms with Crippen LogP contribution in [-0.4, -0.2) is 62.7 Å². The maximum Gasteiger partial charge on any atom is 0.247 e. The molecule has 5 rings (SSSR count). The molecule has 0 unspecified atom stereocenters. The molecule has 46 heavy (non-hydrogen) atoms. The number of carbonyl (C=O) groups excluding carboxylic acids is 1. The topological polar surface area (TPSA) is 105 Å². The molecule has 1 fully saturated rings. The number of carbonyl (C=O) groups is 1. The number of benzene rings is 2. The van der Waals surface area contributed by atoms with Gasteiger partial charge in [0.2, 0.25) is 5.91 Å². The molecular formula is C34H38F2N6O3S. The van der Waals surface area contributed by atoms with E-state index in [1.165, 1.54) is 37.7 Å². The number of methoxy groups -OCH3 is 2. The molecule has 12 heteroatoms. The Hall–Kier alpha value is -4.68. The standard InChI is InChI=1S/C34H38F2N6O3S/c1-6-9-21(30-31(35)25(44-4)18-26(45-5)32(30)36)34-33(37)22-17-28(38-19-27(22)46-34)39-23-11-10-20(16-24(23)40-29(43)7-2)42-14-12-41(8-3)13-15-42/h7,9-11,16-19H,2,6,8,12-15,37H2,1,3-5H3,(H,38,39)(H,40,43)/b21-9-. The number of halogens is 2. The van der Waals surface area contributed by atoms with Crippen LogP contribution in [0.3, 0.4) is 0 Å². The van der Waals surface area contributed by atoms with Gasteiger partial charge in [0.15, 0.2) is 23.1 Å². The van der Waals surface area contributed by atoms with Crippen molar-refractivity contribution in [3.63, 3.8) is 0 Å². The molecule has 0 aliphatic carbocycles. The normalized spacial score (nSPS) is 14.0. The second kappa shape index (κ2) is 14.2. The lowest BCUT2D eigenvalue weighted by Crippen LogP contribution is -2.46. The van der Waals surface area contributed by atoms with Gasteiger partial charge in [0.1, 0.15) is 5.82 Å². The number of hydrogen-bond acceptors (Lipinski definition) is 9. The number of allylic oxidation sites excluding steroid dienone is 1. The van der Waals surface area contributed by atoms with Crippen LogP contribution in [0.15, 0.2) is 55.3 Å². The van der Waals surface area contributed by atoms with E-state index in [2.05, 4.69) is 38.9 Å². The van der Waals surface area contributed by atoms with E-state index in [9.17, 15) is 4.79 Å². The molecule has 0 bridgehead atoms. The fourth-order valence-electron chi connectivity index (χ4n) is 5.51. The van der Waals surface area contributed by atoms with Gasteiger partial charge in [0, 0.05) is 55.1 Å². The van der Waals surface area contributed by atoms with Crippen LogP contribution in [0.1, 0.15) is 30.7 Å². The molecule has 242 valence electrons. The first kappa shape index (κ1) is 32.7. The monoisotopic (exact) mass is 648 g/mol. The molecule has 2 aromatic heterocycles. The Morgan fingerprint density at radius 3 is 2.37 bits per heavy atom. The van der Waals surface area contributed by atoms with E-state index in [1.54, 1.807) is 18.3 Å². The molecule has 1 aliphatic heterocycles. The number of nitrogens with two attached hydrogens (primary N) is 1. The van der Waals surface area contributed by atoms with Crippen LogP contribution in [0.5, 0.6) is 11.5 Å². The number of anilines is 5. The summed E-state index contributed by atoms with van der Waals surface area (Å²) in [5, 5.41) is 6.87. The van der Waals surface area contributed by atoms with E-state index in [0.717, 1.165) is 43.1 Å². The summed E-state index contributed by atoms with van der Waals surface area (Å²) in [5.41, 5.74) is 9.26. The number of aromatic nitrogens is 1. The van der Waals surface area contributed by atoms with Crippen LogP contribution < -0.4 is 30.7 Å². The molecular weight excluding hydrogens is 610 g/mol. The third-order valence-electron chi connectivity index (χ3n) is 8.00. The van der Waals surface area contributed by atoms with Crippen LogP contribution in [-0.2, 0) is 4.79 Å². The third kappa shape index (κ3) is 6.49. The predicted molar refractivity (Wildman–Crippen MR) is 184 cm³/mol. The fraction of sp³-hybridized carbons (Fsp3) is 0.294. The number of nitrogens with one attached hydrogen (secondary N) is 2. The molecule has 9 nitrogen and oxygen atoms in total. The van der Waals surface area contributed by atoms with Crippen LogP contribution in [0.2, 0.25) is 0 Å². The van der Waals surface area contributed by atoms with Gasteiger partial charge in [0.05, 0.1) is 46.4 Å². The molecule has 0 radical (unpaired) electrons. The number of ether oxygens (including phenoxy) is 2. The highest BCUT2D eigenvalue weighted by atomic mass is 32.1. The molecule has 0 atom stereocenters. The maximum atomic E-state index is 15.6. The first-order valence-electron chi connectivity index (χ1n) is 15.0. The highest BCUT2D eigenvalue weighted by Crippen LogP contribution is 2.45.